The summed E-state index contributed by atoms with van der Waals surface area (Å²) < 4.78 is 27.0. The summed E-state index contributed by atoms with van der Waals surface area (Å²) in [5.74, 6) is 0.168. The SMILES string of the molecule is O=S(=O)(NC[C@@H]1C[C@H]1c1cccnc1)c1cccc(Cl)c1O. The molecule has 7 heteroatoms. The van der Waals surface area contributed by atoms with Crippen LogP contribution in [0.5, 0.6) is 5.75 Å². The molecule has 1 heterocycles. The molecule has 0 amide bonds. The number of nitrogens with one attached hydrogen (secondary N) is 1. The van der Waals surface area contributed by atoms with Crippen LogP contribution in [0.3, 0.4) is 0 Å². The third-order valence-corrected chi connectivity index (χ3v) is 5.57. The molecule has 3 rings (SSSR count). The van der Waals surface area contributed by atoms with Gasteiger partial charge < -0.3 is 5.11 Å². The van der Waals surface area contributed by atoms with E-state index in [1.54, 1.807) is 6.20 Å². The number of halogens is 1. The third kappa shape index (κ3) is 3.09. The van der Waals surface area contributed by atoms with Gasteiger partial charge in [0, 0.05) is 18.9 Å². The second-order valence-corrected chi connectivity index (χ2v) is 7.47. The van der Waals surface area contributed by atoms with Gasteiger partial charge >= 0.3 is 0 Å². The Labute approximate surface area is 134 Å². The average Bonchev–Trinajstić information content (AvgIpc) is 3.29. The zero-order valence-electron chi connectivity index (χ0n) is 11.6. The fourth-order valence-electron chi connectivity index (χ4n) is 2.48. The second-order valence-electron chi connectivity index (χ2n) is 5.33. The zero-order chi connectivity index (χ0) is 15.7. The summed E-state index contributed by atoms with van der Waals surface area (Å²) in [4.78, 5) is 3.88. The summed E-state index contributed by atoms with van der Waals surface area (Å²) in [5, 5.41) is 9.80. The predicted molar refractivity (Wildman–Crippen MR) is 83.4 cm³/mol. The second kappa shape index (κ2) is 5.87. The normalized spacial score (nSPS) is 20.8. The molecule has 0 aliphatic heterocycles. The van der Waals surface area contributed by atoms with Crippen molar-refractivity contribution < 1.29 is 13.5 Å². The molecule has 2 atom stereocenters. The first-order valence-corrected chi connectivity index (χ1v) is 8.72. The molecule has 1 saturated carbocycles. The summed E-state index contributed by atoms with van der Waals surface area (Å²) in [7, 11) is -3.77. The lowest BCUT2D eigenvalue weighted by Gasteiger charge is -2.09. The highest BCUT2D eigenvalue weighted by molar-refractivity contribution is 7.89. The lowest BCUT2D eigenvalue weighted by atomic mass is 10.1. The van der Waals surface area contributed by atoms with Crippen LogP contribution in [0.25, 0.3) is 0 Å². The highest BCUT2D eigenvalue weighted by atomic mass is 35.5. The lowest BCUT2D eigenvalue weighted by Crippen LogP contribution is -2.26. The van der Waals surface area contributed by atoms with Crippen molar-refractivity contribution in [2.45, 2.75) is 17.2 Å². The predicted octanol–water partition coefficient (Wildman–Crippen LogP) is 2.52. The van der Waals surface area contributed by atoms with Crippen LogP contribution in [0.1, 0.15) is 17.9 Å². The van der Waals surface area contributed by atoms with E-state index >= 15 is 0 Å². The molecule has 116 valence electrons. The first kappa shape index (κ1) is 15.3. The van der Waals surface area contributed by atoms with Crippen LogP contribution in [-0.4, -0.2) is 25.1 Å². The molecule has 5 nitrogen and oxygen atoms in total. The standard InChI is InChI=1S/C15H15ClN2O3S/c16-13-4-1-5-14(15(13)19)22(20,21)18-9-11-7-12(11)10-3-2-6-17-8-10/h1-6,8,11-12,18-19H,7,9H2/t11-,12-/m0/s1. The number of phenols is 1. The van der Waals surface area contributed by atoms with Gasteiger partial charge in [0.1, 0.15) is 4.90 Å². The van der Waals surface area contributed by atoms with E-state index in [0.717, 1.165) is 12.0 Å². The molecule has 2 aromatic rings. The number of benzene rings is 1. The molecule has 2 N–H and O–H groups in total. The number of pyridine rings is 1. The maximum absolute atomic E-state index is 12.2. The maximum atomic E-state index is 12.2. The van der Waals surface area contributed by atoms with Gasteiger partial charge in [0.25, 0.3) is 0 Å². The highest BCUT2D eigenvalue weighted by Crippen LogP contribution is 2.46. The Balaban J connectivity index is 1.66. The van der Waals surface area contributed by atoms with E-state index in [-0.39, 0.29) is 15.8 Å². The molecule has 1 aliphatic carbocycles. The molecule has 1 aromatic carbocycles. The minimum atomic E-state index is -3.77. The van der Waals surface area contributed by atoms with Crippen molar-refractivity contribution in [3.05, 3.63) is 53.3 Å². The number of hydrogen-bond donors (Lipinski definition) is 2. The van der Waals surface area contributed by atoms with Crippen LogP contribution in [0.2, 0.25) is 5.02 Å². The number of sulfonamides is 1. The van der Waals surface area contributed by atoms with Crippen molar-refractivity contribution in [2.24, 2.45) is 5.92 Å². The molecular weight excluding hydrogens is 324 g/mol. The Bertz CT molecular complexity index is 781. The topological polar surface area (TPSA) is 79.3 Å². The van der Waals surface area contributed by atoms with Crippen LogP contribution < -0.4 is 4.72 Å². The van der Waals surface area contributed by atoms with Gasteiger partial charge in [0.2, 0.25) is 10.0 Å². The van der Waals surface area contributed by atoms with E-state index in [9.17, 15) is 13.5 Å². The van der Waals surface area contributed by atoms with Gasteiger partial charge in [-0.3, -0.25) is 4.98 Å². The van der Waals surface area contributed by atoms with E-state index in [1.165, 1.54) is 18.2 Å². The van der Waals surface area contributed by atoms with E-state index < -0.39 is 15.8 Å². The molecule has 0 radical (unpaired) electrons. The number of rotatable bonds is 5. The Morgan fingerprint density at radius 1 is 1.32 bits per heavy atom. The number of phenolic OH excluding ortho intramolecular Hbond substituents is 1. The summed E-state index contributed by atoms with van der Waals surface area (Å²) in [5.41, 5.74) is 1.12. The van der Waals surface area contributed by atoms with Crippen molar-refractivity contribution in [3.8, 4) is 5.75 Å². The summed E-state index contributed by atoms with van der Waals surface area (Å²) in [6.45, 7) is 0.327. The molecule has 0 unspecified atom stereocenters. The Morgan fingerprint density at radius 3 is 2.86 bits per heavy atom. The Morgan fingerprint density at radius 2 is 2.14 bits per heavy atom. The van der Waals surface area contributed by atoms with Crippen LogP contribution in [0.4, 0.5) is 0 Å². The number of nitrogens with zero attached hydrogens (tertiary/aromatic N) is 1. The van der Waals surface area contributed by atoms with Crippen molar-refractivity contribution in [3.63, 3.8) is 0 Å². The molecule has 1 aliphatic rings. The molecule has 1 aromatic heterocycles. The van der Waals surface area contributed by atoms with E-state index in [4.69, 9.17) is 11.6 Å². The van der Waals surface area contributed by atoms with Gasteiger partial charge in [0.05, 0.1) is 5.02 Å². The Hall–Kier alpha value is -1.63. The molecule has 22 heavy (non-hydrogen) atoms. The van der Waals surface area contributed by atoms with Crippen LogP contribution in [0.15, 0.2) is 47.6 Å². The quantitative estimate of drug-likeness (QED) is 0.878. The fourth-order valence-corrected chi connectivity index (χ4v) is 3.93. The first-order valence-electron chi connectivity index (χ1n) is 6.86. The lowest BCUT2D eigenvalue weighted by molar-refractivity contribution is 0.458. The van der Waals surface area contributed by atoms with E-state index in [2.05, 4.69) is 9.71 Å². The fraction of sp³-hybridized carbons (Fsp3) is 0.267. The monoisotopic (exact) mass is 338 g/mol. The van der Waals surface area contributed by atoms with Gasteiger partial charge in [-0.05, 0) is 42.0 Å². The van der Waals surface area contributed by atoms with Crippen LogP contribution in [-0.2, 0) is 10.0 Å². The summed E-state index contributed by atoms with van der Waals surface area (Å²) in [6.07, 6.45) is 4.45. The highest BCUT2D eigenvalue weighted by Gasteiger charge is 2.39. The minimum Gasteiger partial charge on any atom is -0.505 e. The minimum absolute atomic E-state index is 0.0162. The third-order valence-electron chi connectivity index (χ3n) is 3.81. The molecule has 0 bridgehead atoms. The van der Waals surface area contributed by atoms with Gasteiger partial charge in [-0.2, -0.15) is 0 Å². The molecule has 0 spiro atoms. The molecule has 1 fully saturated rings. The number of aromatic nitrogens is 1. The van der Waals surface area contributed by atoms with Gasteiger partial charge in [-0.1, -0.05) is 23.7 Å². The zero-order valence-corrected chi connectivity index (χ0v) is 13.2. The number of hydrogen-bond acceptors (Lipinski definition) is 4. The van der Waals surface area contributed by atoms with E-state index in [0.29, 0.717) is 12.5 Å². The smallest absolute Gasteiger partial charge is 0.244 e. The number of aromatic hydroxyl groups is 1. The van der Waals surface area contributed by atoms with Gasteiger partial charge in [-0.15, -0.1) is 0 Å². The first-order chi connectivity index (χ1) is 10.5. The average molecular weight is 339 g/mol. The number of para-hydroxylation sites is 1. The summed E-state index contributed by atoms with van der Waals surface area (Å²) >= 11 is 5.75. The largest absolute Gasteiger partial charge is 0.505 e. The van der Waals surface area contributed by atoms with Crippen molar-refractivity contribution in [1.82, 2.24) is 9.71 Å². The van der Waals surface area contributed by atoms with Gasteiger partial charge in [-0.25, -0.2) is 13.1 Å². The van der Waals surface area contributed by atoms with Gasteiger partial charge in [0.15, 0.2) is 5.75 Å². The van der Waals surface area contributed by atoms with Crippen LogP contribution >= 0.6 is 11.6 Å². The van der Waals surface area contributed by atoms with Crippen LogP contribution in [0, 0.1) is 5.92 Å². The Kier molecular flexibility index (Phi) is 4.08. The molecular formula is C15H15ClN2O3S. The van der Waals surface area contributed by atoms with E-state index in [1.807, 2.05) is 18.3 Å². The van der Waals surface area contributed by atoms with Crippen molar-refractivity contribution in [1.29, 1.82) is 0 Å². The summed E-state index contributed by atoms with van der Waals surface area (Å²) in [6, 6.07) is 8.13. The van der Waals surface area contributed by atoms with Crippen molar-refractivity contribution >= 4 is 21.6 Å². The maximum Gasteiger partial charge on any atom is 0.244 e. The molecule has 0 saturated heterocycles. The van der Waals surface area contributed by atoms with Crippen molar-refractivity contribution in [2.75, 3.05) is 6.54 Å².